The lowest BCUT2D eigenvalue weighted by molar-refractivity contribution is 0.598. The highest BCUT2D eigenvalue weighted by Gasteiger charge is 2.22. The first-order valence-electron chi connectivity index (χ1n) is 5.20. The third-order valence-corrected chi connectivity index (χ3v) is 4.24. The smallest absolute Gasteiger partial charge is 0.282 e. The molecule has 5 nitrogen and oxygen atoms in total. The van der Waals surface area contributed by atoms with E-state index in [0.717, 1.165) is 0 Å². The molecule has 0 spiro atoms. The summed E-state index contributed by atoms with van der Waals surface area (Å²) in [5, 5.41) is -0.177. The molecule has 19 heavy (non-hydrogen) atoms. The van der Waals surface area contributed by atoms with Gasteiger partial charge in [-0.15, -0.1) is 6.42 Å². The average Bonchev–Trinajstić information content (AvgIpc) is 2.70. The lowest BCUT2D eigenvalue weighted by atomic mass is 10.2. The van der Waals surface area contributed by atoms with E-state index in [1.165, 1.54) is 10.9 Å². The van der Waals surface area contributed by atoms with Crippen molar-refractivity contribution in [1.82, 2.24) is 9.55 Å². The number of imidazole rings is 1. The van der Waals surface area contributed by atoms with Gasteiger partial charge in [0.25, 0.3) is 10.0 Å². The predicted octanol–water partition coefficient (Wildman–Crippen LogP) is 1.86. The molecule has 2 rings (SSSR count). The third kappa shape index (κ3) is 2.72. The number of terminal acetylenes is 1. The zero-order chi connectivity index (χ0) is 14.0. The summed E-state index contributed by atoms with van der Waals surface area (Å²) < 4.78 is 28.0. The Labute approximate surface area is 116 Å². The molecule has 0 unspecified atom stereocenters. The van der Waals surface area contributed by atoms with Gasteiger partial charge in [0, 0.05) is 12.6 Å². The Kier molecular flexibility index (Phi) is 3.51. The highest BCUT2D eigenvalue weighted by molar-refractivity contribution is 7.92. The summed E-state index contributed by atoms with van der Waals surface area (Å²) in [5.74, 6) is 2.43. The first-order valence-corrected chi connectivity index (χ1v) is 7.06. The molecule has 0 amide bonds. The first-order chi connectivity index (χ1) is 8.94. The minimum atomic E-state index is -3.83. The van der Waals surface area contributed by atoms with Crippen molar-refractivity contribution in [1.29, 1.82) is 0 Å². The van der Waals surface area contributed by atoms with E-state index in [2.05, 4.69) is 15.6 Å². The fourth-order valence-electron chi connectivity index (χ4n) is 1.45. The number of benzene rings is 1. The molecule has 98 valence electrons. The van der Waals surface area contributed by atoms with Gasteiger partial charge in [-0.05, 0) is 18.2 Å². The van der Waals surface area contributed by atoms with E-state index in [0.29, 0.717) is 11.3 Å². The highest BCUT2D eigenvalue weighted by atomic mass is 35.5. The van der Waals surface area contributed by atoms with E-state index >= 15 is 0 Å². The Morgan fingerprint density at radius 1 is 1.47 bits per heavy atom. The summed E-state index contributed by atoms with van der Waals surface area (Å²) >= 11 is 5.87. The van der Waals surface area contributed by atoms with Gasteiger partial charge < -0.3 is 4.57 Å². The highest BCUT2D eigenvalue weighted by Crippen LogP contribution is 2.22. The minimum Gasteiger partial charge on any atom is -0.324 e. The fourth-order valence-corrected chi connectivity index (χ4v) is 2.93. The summed E-state index contributed by atoms with van der Waals surface area (Å²) in [4.78, 5) is 3.77. The maximum atomic E-state index is 12.1. The number of anilines is 1. The Morgan fingerprint density at radius 2 is 2.21 bits per heavy atom. The van der Waals surface area contributed by atoms with Crippen molar-refractivity contribution in [2.75, 3.05) is 4.72 Å². The molecule has 7 heteroatoms. The monoisotopic (exact) mass is 295 g/mol. The normalized spacial score (nSPS) is 11.0. The number of aromatic nitrogens is 2. The molecule has 1 heterocycles. The largest absolute Gasteiger partial charge is 0.324 e. The zero-order valence-corrected chi connectivity index (χ0v) is 11.5. The van der Waals surface area contributed by atoms with Crippen molar-refractivity contribution in [3.8, 4) is 12.3 Å². The van der Waals surface area contributed by atoms with Crippen molar-refractivity contribution in [2.24, 2.45) is 7.05 Å². The standard InChI is InChI=1S/C12H10ClN3O2S/c1-3-9-5-4-6-10(7-9)15-19(17,18)12-11(13)16(2)8-14-12/h1,4-8,15H,2H3. The van der Waals surface area contributed by atoms with Crippen molar-refractivity contribution in [2.45, 2.75) is 5.03 Å². The molecule has 1 aromatic carbocycles. The average molecular weight is 296 g/mol. The van der Waals surface area contributed by atoms with Gasteiger partial charge in [0.05, 0.1) is 12.0 Å². The number of hydrogen-bond donors (Lipinski definition) is 1. The Bertz CT molecular complexity index is 760. The van der Waals surface area contributed by atoms with Crippen molar-refractivity contribution >= 4 is 27.3 Å². The molecule has 0 aliphatic heterocycles. The number of nitrogens with zero attached hydrogens (tertiary/aromatic N) is 2. The Morgan fingerprint density at radius 3 is 2.79 bits per heavy atom. The van der Waals surface area contributed by atoms with Crippen LogP contribution < -0.4 is 4.72 Å². The van der Waals surface area contributed by atoms with Gasteiger partial charge >= 0.3 is 0 Å². The number of sulfonamides is 1. The van der Waals surface area contributed by atoms with Crippen molar-refractivity contribution in [3.05, 3.63) is 41.3 Å². The number of halogens is 1. The van der Waals surface area contributed by atoms with Crippen LogP contribution in [0, 0.1) is 12.3 Å². The molecule has 2 aromatic rings. The van der Waals surface area contributed by atoms with Crippen LogP contribution in [0.4, 0.5) is 5.69 Å². The molecular weight excluding hydrogens is 286 g/mol. The van der Waals surface area contributed by atoms with Crippen molar-refractivity contribution < 1.29 is 8.42 Å². The second-order valence-electron chi connectivity index (χ2n) is 3.78. The fraction of sp³-hybridized carbons (Fsp3) is 0.0833. The lowest BCUT2D eigenvalue weighted by Crippen LogP contribution is -2.14. The summed E-state index contributed by atoms with van der Waals surface area (Å²) in [5.41, 5.74) is 0.935. The molecule has 0 aliphatic carbocycles. The van der Waals surface area contributed by atoms with Crippen LogP contribution in [0.15, 0.2) is 35.6 Å². The van der Waals surface area contributed by atoms with Gasteiger partial charge in [-0.2, -0.15) is 8.42 Å². The summed E-state index contributed by atoms with van der Waals surface area (Å²) in [7, 11) is -2.23. The van der Waals surface area contributed by atoms with E-state index in [1.807, 2.05) is 0 Å². The topological polar surface area (TPSA) is 64.0 Å². The zero-order valence-electron chi connectivity index (χ0n) is 9.96. The van der Waals surface area contributed by atoms with Crippen LogP contribution in [0.1, 0.15) is 5.56 Å². The molecule has 1 N–H and O–H groups in total. The Balaban J connectivity index is 2.37. The molecular formula is C12H10ClN3O2S. The molecule has 0 bridgehead atoms. The van der Waals surface area contributed by atoms with Crippen LogP contribution in [-0.2, 0) is 17.1 Å². The molecule has 0 atom stereocenters. The van der Waals surface area contributed by atoms with Crippen LogP contribution in [0.25, 0.3) is 0 Å². The number of nitrogens with one attached hydrogen (secondary N) is 1. The van der Waals surface area contributed by atoms with E-state index in [-0.39, 0.29) is 10.2 Å². The van der Waals surface area contributed by atoms with E-state index in [4.69, 9.17) is 18.0 Å². The van der Waals surface area contributed by atoms with E-state index in [9.17, 15) is 8.42 Å². The van der Waals surface area contributed by atoms with E-state index in [1.54, 1.807) is 31.3 Å². The molecule has 0 radical (unpaired) electrons. The molecule has 0 saturated carbocycles. The molecule has 0 saturated heterocycles. The maximum Gasteiger partial charge on any atom is 0.282 e. The number of aryl methyl sites for hydroxylation is 1. The van der Waals surface area contributed by atoms with Gasteiger partial charge in [0.1, 0.15) is 5.15 Å². The van der Waals surface area contributed by atoms with Crippen LogP contribution in [0.5, 0.6) is 0 Å². The van der Waals surface area contributed by atoms with Gasteiger partial charge in [0.15, 0.2) is 0 Å². The van der Waals surface area contributed by atoms with Gasteiger partial charge in [-0.25, -0.2) is 4.98 Å². The Hall–Kier alpha value is -1.97. The van der Waals surface area contributed by atoms with Crippen molar-refractivity contribution in [3.63, 3.8) is 0 Å². The quantitative estimate of drug-likeness (QED) is 0.879. The SMILES string of the molecule is C#Cc1cccc(NS(=O)(=O)c2ncn(C)c2Cl)c1. The van der Waals surface area contributed by atoms with Gasteiger partial charge in [-0.1, -0.05) is 23.6 Å². The minimum absolute atomic E-state index is 0.0422. The van der Waals surface area contributed by atoms with Crippen LogP contribution in [-0.4, -0.2) is 18.0 Å². The lowest BCUT2D eigenvalue weighted by Gasteiger charge is -2.06. The van der Waals surface area contributed by atoms with Gasteiger partial charge in [0.2, 0.25) is 5.03 Å². The number of rotatable bonds is 3. The second kappa shape index (κ2) is 4.96. The predicted molar refractivity (Wildman–Crippen MR) is 73.4 cm³/mol. The molecule has 0 aliphatic rings. The summed E-state index contributed by atoms with van der Waals surface area (Å²) in [6.07, 6.45) is 6.59. The van der Waals surface area contributed by atoms with Crippen LogP contribution in [0.2, 0.25) is 5.15 Å². The second-order valence-corrected chi connectivity index (χ2v) is 5.74. The third-order valence-electron chi connectivity index (χ3n) is 2.37. The van der Waals surface area contributed by atoms with Crippen LogP contribution in [0.3, 0.4) is 0 Å². The summed E-state index contributed by atoms with van der Waals surface area (Å²) in [6, 6.07) is 6.50. The molecule has 1 aromatic heterocycles. The first kappa shape index (κ1) is 13.5. The van der Waals surface area contributed by atoms with Gasteiger partial charge in [-0.3, -0.25) is 4.72 Å². The summed E-state index contributed by atoms with van der Waals surface area (Å²) in [6.45, 7) is 0. The van der Waals surface area contributed by atoms with Crippen LogP contribution >= 0.6 is 11.6 Å². The van der Waals surface area contributed by atoms with E-state index < -0.39 is 10.0 Å². The maximum absolute atomic E-state index is 12.1. The number of hydrogen-bond acceptors (Lipinski definition) is 3. The molecule has 0 fully saturated rings.